The van der Waals surface area contributed by atoms with Crippen LogP contribution in [-0.4, -0.2) is 54.7 Å². The van der Waals surface area contributed by atoms with E-state index >= 15 is 0 Å². The highest BCUT2D eigenvalue weighted by Gasteiger charge is 2.12. The molecule has 110 valence electrons. The van der Waals surface area contributed by atoms with Gasteiger partial charge in [-0.1, -0.05) is 25.8 Å². The molecule has 0 unspecified atom stereocenters. The molecule has 19 heavy (non-hydrogen) atoms. The lowest BCUT2D eigenvalue weighted by atomic mass is 10.2. The summed E-state index contributed by atoms with van der Waals surface area (Å²) in [5.41, 5.74) is 0. The zero-order valence-corrected chi connectivity index (χ0v) is 11.7. The zero-order valence-electron chi connectivity index (χ0n) is 11.7. The summed E-state index contributed by atoms with van der Waals surface area (Å²) in [5, 5.41) is 13.6. The molecular formula is C13H25N3O3. The molecule has 3 amide bonds. The Balaban J connectivity index is 4.00. The number of nitrogens with one attached hydrogen (secondary N) is 2. The third kappa shape index (κ3) is 10.2. The molecule has 0 saturated heterocycles. The first-order valence-corrected chi connectivity index (χ1v) is 6.65. The molecule has 0 aliphatic heterocycles. The predicted octanol–water partition coefficient (Wildman–Crippen LogP) is 0.483. The molecule has 3 N–H and O–H groups in total. The number of hydrogen-bond acceptors (Lipinski definition) is 4. The van der Waals surface area contributed by atoms with Gasteiger partial charge in [0.15, 0.2) is 0 Å². The number of imide groups is 1. The molecule has 0 aliphatic carbocycles. The van der Waals surface area contributed by atoms with Crippen molar-refractivity contribution >= 4 is 11.9 Å². The van der Waals surface area contributed by atoms with E-state index in [1.54, 1.807) is 0 Å². The molecule has 0 aromatic heterocycles. The zero-order chi connectivity index (χ0) is 14.5. The Hall–Kier alpha value is -1.40. The summed E-state index contributed by atoms with van der Waals surface area (Å²) in [6, 6.07) is -0.526. The van der Waals surface area contributed by atoms with Crippen LogP contribution in [0.1, 0.15) is 26.2 Å². The number of hydrogen-bond donors (Lipinski definition) is 3. The quantitative estimate of drug-likeness (QED) is 0.399. The third-order valence-corrected chi connectivity index (χ3v) is 2.52. The minimum Gasteiger partial charge on any atom is -0.395 e. The van der Waals surface area contributed by atoms with Crippen LogP contribution in [0.3, 0.4) is 0 Å². The third-order valence-electron chi connectivity index (χ3n) is 2.52. The van der Waals surface area contributed by atoms with Crippen molar-refractivity contribution in [2.24, 2.45) is 0 Å². The molecule has 0 radical (unpaired) electrons. The highest BCUT2D eigenvalue weighted by Crippen LogP contribution is 1.98. The largest absolute Gasteiger partial charge is 0.395 e. The number of carbonyl (C=O) groups excluding carboxylic acids is 2. The molecule has 6 heteroatoms. The van der Waals surface area contributed by atoms with Gasteiger partial charge in [0.25, 0.3) is 0 Å². The van der Waals surface area contributed by atoms with Crippen molar-refractivity contribution in [2.75, 3.05) is 32.8 Å². The molecule has 0 aliphatic rings. The van der Waals surface area contributed by atoms with E-state index in [4.69, 9.17) is 5.11 Å². The average molecular weight is 271 g/mol. The maximum atomic E-state index is 11.6. The molecule has 0 aromatic carbocycles. The topological polar surface area (TPSA) is 81.7 Å². The van der Waals surface area contributed by atoms with Gasteiger partial charge >= 0.3 is 6.03 Å². The van der Waals surface area contributed by atoms with Crippen molar-refractivity contribution in [1.82, 2.24) is 15.5 Å². The molecule has 0 bridgehead atoms. The van der Waals surface area contributed by atoms with Crippen molar-refractivity contribution in [3.8, 4) is 0 Å². The van der Waals surface area contributed by atoms with Crippen molar-refractivity contribution in [3.63, 3.8) is 0 Å². The van der Waals surface area contributed by atoms with E-state index in [0.717, 1.165) is 25.8 Å². The first kappa shape index (κ1) is 17.6. The van der Waals surface area contributed by atoms with E-state index < -0.39 is 6.03 Å². The van der Waals surface area contributed by atoms with Crippen molar-refractivity contribution in [1.29, 1.82) is 0 Å². The minimum absolute atomic E-state index is 0.00205. The fourth-order valence-corrected chi connectivity index (χ4v) is 1.58. The van der Waals surface area contributed by atoms with Gasteiger partial charge in [-0.2, -0.15) is 0 Å². The Bertz CT molecular complexity index is 282. The van der Waals surface area contributed by atoms with Crippen molar-refractivity contribution in [2.45, 2.75) is 26.2 Å². The first-order chi connectivity index (χ1) is 9.13. The van der Waals surface area contributed by atoms with E-state index in [9.17, 15) is 9.59 Å². The number of nitrogens with zero attached hydrogens (tertiary/aromatic N) is 1. The monoisotopic (exact) mass is 271 g/mol. The number of aliphatic hydroxyl groups is 1. The van der Waals surface area contributed by atoms with Gasteiger partial charge < -0.3 is 10.4 Å². The number of rotatable bonds is 10. The number of urea groups is 1. The summed E-state index contributed by atoms with van der Waals surface area (Å²) in [6.07, 6.45) is 4.70. The highest BCUT2D eigenvalue weighted by atomic mass is 16.3. The maximum Gasteiger partial charge on any atom is 0.321 e. The van der Waals surface area contributed by atoms with Gasteiger partial charge in [0.05, 0.1) is 13.2 Å². The van der Waals surface area contributed by atoms with Gasteiger partial charge in [-0.25, -0.2) is 4.79 Å². The van der Waals surface area contributed by atoms with E-state index in [-0.39, 0.29) is 19.1 Å². The Morgan fingerprint density at radius 2 is 2.05 bits per heavy atom. The Kier molecular flexibility index (Phi) is 10.8. The summed E-state index contributed by atoms with van der Waals surface area (Å²) in [4.78, 5) is 24.7. The molecule has 0 heterocycles. The van der Waals surface area contributed by atoms with E-state index in [1.807, 2.05) is 4.90 Å². The lowest BCUT2D eigenvalue weighted by Crippen LogP contribution is -2.45. The van der Waals surface area contributed by atoms with Gasteiger partial charge in [0.1, 0.15) is 0 Å². The van der Waals surface area contributed by atoms with Crippen LogP contribution >= 0.6 is 0 Å². The highest BCUT2D eigenvalue weighted by molar-refractivity contribution is 5.95. The van der Waals surface area contributed by atoms with E-state index in [0.29, 0.717) is 13.1 Å². The number of unbranched alkanes of at least 4 members (excludes halogenated alkanes) is 2. The maximum absolute atomic E-state index is 11.6. The lowest BCUT2D eigenvalue weighted by Gasteiger charge is -2.20. The minimum atomic E-state index is -0.526. The van der Waals surface area contributed by atoms with Gasteiger partial charge in [-0.15, -0.1) is 6.58 Å². The standard InChI is InChI=1S/C13H25N3O3/c1-3-5-6-8-16(9-10-17)11-12(18)15-13(19)14-7-4-2/h4,17H,2-3,5-11H2,1H3,(H2,14,15,18,19). The first-order valence-electron chi connectivity index (χ1n) is 6.65. The second kappa shape index (κ2) is 11.7. The molecule has 0 saturated carbocycles. The normalized spacial score (nSPS) is 10.3. The van der Waals surface area contributed by atoms with E-state index in [1.165, 1.54) is 6.08 Å². The molecular weight excluding hydrogens is 246 g/mol. The lowest BCUT2D eigenvalue weighted by molar-refractivity contribution is -0.121. The van der Waals surface area contributed by atoms with Gasteiger partial charge in [0.2, 0.25) is 5.91 Å². The smallest absolute Gasteiger partial charge is 0.321 e. The number of carbonyl (C=O) groups is 2. The molecule has 0 fully saturated rings. The molecule has 0 aromatic rings. The van der Waals surface area contributed by atoms with E-state index in [2.05, 4.69) is 24.1 Å². The SMILES string of the molecule is C=CCNC(=O)NC(=O)CN(CCO)CCCCC. The summed E-state index contributed by atoms with van der Waals surface area (Å²) >= 11 is 0. The van der Waals surface area contributed by atoms with Crippen LogP contribution in [0.4, 0.5) is 4.79 Å². The van der Waals surface area contributed by atoms with Gasteiger partial charge in [-0.3, -0.25) is 15.0 Å². The van der Waals surface area contributed by atoms with Crippen LogP contribution in [-0.2, 0) is 4.79 Å². The molecule has 6 nitrogen and oxygen atoms in total. The average Bonchev–Trinajstić information content (AvgIpc) is 2.36. The summed E-state index contributed by atoms with van der Waals surface area (Å²) in [5.74, 6) is -0.369. The predicted molar refractivity (Wildman–Crippen MR) is 74.8 cm³/mol. The van der Waals surface area contributed by atoms with Crippen LogP contribution in [0.5, 0.6) is 0 Å². The second-order valence-corrected chi connectivity index (χ2v) is 4.25. The summed E-state index contributed by atoms with van der Waals surface area (Å²) in [6.45, 7) is 7.18. The Morgan fingerprint density at radius 1 is 1.32 bits per heavy atom. The van der Waals surface area contributed by atoms with Crippen LogP contribution in [0, 0.1) is 0 Å². The fourth-order valence-electron chi connectivity index (χ4n) is 1.58. The summed E-state index contributed by atoms with van der Waals surface area (Å²) in [7, 11) is 0. The second-order valence-electron chi connectivity index (χ2n) is 4.25. The molecule has 0 spiro atoms. The Labute approximate surface area is 114 Å². The van der Waals surface area contributed by atoms with Crippen LogP contribution in [0.25, 0.3) is 0 Å². The molecule has 0 rings (SSSR count). The molecule has 0 atom stereocenters. The van der Waals surface area contributed by atoms with Gasteiger partial charge in [0, 0.05) is 13.1 Å². The van der Waals surface area contributed by atoms with Crippen molar-refractivity contribution < 1.29 is 14.7 Å². The summed E-state index contributed by atoms with van der Waals surface area (Å²) < 4.78 is 0. The fraction of sp³-hybridized carbons (Fsp3) is 0.692. The van der Waals surface area contributed by atoms with Crippen molar-refractivity contribution in [3.05, 3.63) is 12.7 Å². The number of amides is 3. The van der Waals surface area contributed by atoms with Gasteiger partial charge in [-0.05, 0) is 13.0 Å². The van der Waals surface area contributed by atoms with Crippen LogP contribution in [0.2, 0.25) is 0 Å². The Morgan fingerprint density at radius 3 is 2.63 bits per heavy atom. The van der Waals surface area contributed by atoms with Crippen LogP contribution < -0.4 is 10.6 Å². The van der Waals surface area contributed by atoms with Crippen LogP contribution in [0.15, 0.2) is 12.7 Å². The number of aliphatic hydroxyl groups excluding tert-OH is 1.